The van der Waals surface area contributed by atoms with E-state index in [9.17, 15) is 9.59 Å². The minimum absolute atomic E-state index is 0.106. The minimum atomic E-state index is -0.722. The monoisotopic (exact) mass is 246 g/mol. The second-order valence-electron chi connectivity index (χ2n) is 4.23. The van der Waals surface area contributed by atoms with E-state index < -0.39 is 11.8 Å². The third-order valence-corrected chi connectivity index (χ3v) is 3.46. The summed E-state index contributed by atoms with van der Waals surface area (Å²) in [5, 5.41) is 10.9. The van der Waals surface area contributed by atoms with Gasteiger partial charge in [0.15, 0.2) is 5.66 Å². The molecule has 0 aliphatic carbocycles. The van der Waals surface area contributed by atoms with E-state index in [0.29, 0.717) is 5.88 Å². The number of rotatable bonds is 4. The van der Waals surface area contributed by atoms with Crippen LogP contribution in [0.3, 0.4) is 0 Å². The molecule has 2 fully saturated rings. The number of urea groups is 2. The highest BCUT2D eigenvalue weighted by Crippen LogP contribution is 2.28. The Bertz CT molecular complexity index is 303. The molecular weight excluding hydrogens is 232 g/mol. The van der Waals surface area contributed by atoms with E-state index in [1.54, 1.807) is 0 Å². The molecule has 1 atom stereocenters. The van der Waals surface area contributed by atoms with Crippen LogP contribution in [0.5, 0.6) is 0 Å². The zero-order valence-electron chi connectivity index (χ0n) is 8.97. The highest BCUT2D eigenvalue weighted by atomic mass is 35.5. The highest BCUT2D eigenvalue weighted by molar-refractivity contribution is 6.17. The summed E-state index contributed by atoms with van der Waals surface area (Å²) < 4.78 is 0. The molecule has 16 heavy (non-hydrogen) atoms. The normalized spacial score (nSPS) is 33.5. The van der Waals surface area contributed by atoms with Crippen LogP contribution in [-0.2, 0) is 0 Å². The molecule has 0 spiro atoms. The number of alkyl halides is 1. The Morgan fingerprint density at radius 1 is 1.31 bits per heavy atom. The number of carbonyl (C=O) groups excluding carboxylic acids is 2. The number of amides is 4. The van der Waals surface area contributed by atoms with Crippen LogP contribution in [-0.4, -0.2) is 29.8 Å². The summed E-state index contributed by atoms with van der Waals surface area (Å²) in [7, 11) is 0. The van der Waals surface area contributed by atoms with Gasteiger partial charge in [0.2, 0.25) is 0 Å². The number of fused-ring (bicyclic) bond motifs is 1. The Balaban J connectivity index is 2.13. The SMILES string of the molecule is CC(CCCCl)C12NC(=O)NC1NC(=O)N2. The van der Waals surface area contributed by atoms with E-state index in [4.69, 9.17) is 11.6 Å². The number of halogens is 1. The Morgan fingerprint density at radius 3 is 2.38 bits per heavy atom. The first-order valence-electron chi connectivity index (χ1n) is 5.32. The van der Waals surface area contributed by atoms with Gasteiger partial charge in [-0.3, -0.25) is 0 Å². The maximum absolute atomic E-state index is 11.3. The van der Waals surface area contributed by atoms with Crippen LogP contribution in [0.4, 0.5) is 9.59 Å². The first-order valence-corrected chi connectivity index (χ1v) is 5.85. The number of hydrogen-bond donors (Lipinski definition) is 4. The van der Waals surface area contributed by atoms with Crippen LogP contribution in [0.2, 0.25) is 0 Å². The molecule has 2 rings (SSSR count). The van der Waals surface area contributed by atoms with Gasteiger partial charge in [-0.25, -0.2) is 9.59 Å². The topological polar surface area (TPSA) is 82.3 Å². The van der Waals surface area contributed by atoms with Crippen molar-refractivity contribution in [2.24, 2.45) is 5.92 Å². The van der Waals surface area contributed by atoms with Crippen molar-refractivity contribution in [2.75, 3.05) is 5.88 Å². The number of nitrogens with one attached hydrogen (secondary N) is 4. The Hall–Kier alpha value is -1.17. The van der Waals surface area contributed by atoms with E-state index in [1.165, 1.54) is 0 Å². The van der Waals surface area contributed by atoms with Crippen molar-refractivity contribution < 1.29 is 9.59 Å². The molecule has 2 aliphatic heterocycles. The average Bonchev–Trinajstić information content (AvgIpc) is 2.66. The lowest BCUT2D eigenvalue weighted by Crippen LogP contribution is -2.61. The van der Waals surface area contributed by atoms with Gasteiger partial charge in [0.25, 0.3) is 0 Å². The molecule has 0 aromatic carbocycles. The van der Waals surface area contributed by atoms with Crippen LogP contribution in [0.25, 0.3) is 0 Å². The largest absolute Gasteiger partial charge is 0.318 e. The van der Waals surface area contributed by atoms with Gasteiger partial charge in [0.05, 0.1) is 0 Å². The van der Waals surface area contributed by atoms with Gasteiger partial charge in [0.1, 0.15) is 6.17 Å². The van der Waals surface area contributed by atoms with Gasteiger partial charge >= 0.3 is 12.1 Å². The summed E-state index contributed by atoms with van der Waals surface area (Å²) in [6.45, 7) is 1.99. The van der Waals surface area contributed by atoms with Gasteiger partial charge in [-0.1, -0.05) is 6.92 Å². The fourth-order valence-electron chi connectivity index (χ4n) is 2.29. The molecule has 4 N–H and O–H groups in total. The predicted octanol–water partition coefficient (Wildman–Crippen LogP) is 0.290. The highest BCUT2D eigenvalue weighted by Gasteiger charge is 2.55. The molecule has 0 radical (unpaired) electrons. The summed E-state index contributed by atoms with van der Waals surface area (Å²) in [6, 6.07) is -0.537. The smallest absolute Gasteiger partial charge is 0.314 e. The van der Waals surface area contributed by atoms with Crippen molar-refractivity contribution in [1.82, 2.24) is 21.3 Å². The maximum atomic E-state index is 11.3. The molecule has 1 unspecified atom stereocenters. The van der Waals surface area contributed by atoms with E-state index in [-0.39, 0.29) is 18.0 Å². The van der Waals surface area contributed by atoms with Crippen LogP contribution in [0.15, 0.2) is 0 Å². The van der Waals surface area contributed by atoms with Crippen molar-refractivity contribution in [3.8, 4) is 0 Å². The minimum Gasteiger partial charge on any atom is -0.314 e. The molecule has 90 valence electrons. The van der Waals surface area contributed by atoms with Crippen molar-refractivity contribution in [3.05, 3.63) is 0 Å². The first kappa shape index (κ1) is 11.3. The Labute approximate surface area is 98.5 Å². The molecule has 2 saturated heterocycles. The van der Waals surface area contributed by atoms with Crippen molar-refractivity contribution >= 4 is 23.7 Å². The second-order valence-corrected chi connectivity index (χ2v) is 4.61. The quantitative estimate of drug-likeness (QED) is 0.538. The van der Waals surface area contributed by atoms with Crippen LogP contribution >= 0.6 is 11.6 Å². The third-order valence-electron chi connectivity index (χ3n) is 3.20. The fraction of sp³-hybridized carbons (Fsp3) is 0.778. The van der Waals surface area contributed by atoms with Crippen molar-refractivity contribution in [3.63, 3.8) is 0 Å². The standard InChI is InChI=1S/C9H15ClN4O2/c1-5(3-2-4-10)9-6(11-7(15)13-9)12-8(16)14-9/h5-6H,2-4H2,1H3,(H2,11,13,15)(H2,12,14,16). The second kappa shape index (κ2) is 4.01. The van der Waals surface area contributed by atoms with Crippen LogP contribution in [0, 0.1) is 5.92 Å². The zero-order chi connectivity index (χ0) is 11.8. The molecule has 0 saturated carbocycles. The molecule has 0 bridgehead atoms. The molecule has 0 aromatic rings. The molecule has 4 amide bonds. The van der Waals surface area contributed by atoms with E-state index in [2.05, 4.69) is 21.3 Å². The van der Waals surface area contributed by atoms with Crippen LogP contribution < -0.4 is 21.3 Å². The van der Waals surface area contributed by atoms with Gasteiger partial charge < -0.3 is 21.3 Å². The summed E-state index contributed by atoms with van der Waals surface area (Å²) in [5.41, 5.74) is -0.722. The van der Waals surface area contributed by atoms with E-state index in [1.807, 2.05) is 6.92 Å². The predicted molar refractivity (Wildman–Crippen MR) is 59.0 cm³/mol. The zero-order valence-corrected chi connectivity index (χ0v) is 9.73. The Kier molecular flexibility index (Phi) is 2.84. The fourth-order valence-corrected chi connectivity index (χ4v) is 2.45. The molecule has 7 heteroatoms. The molecular formula is C9H15ClN4O2. The van der Waals surface area contributed by atoms with E-state index in [0.717, 1.165) is 12.8 Å². The van der Waals surface area contributed by atoms with Gasteiger partial charge in [-0.2, -0.15) is 0 Å². The summed E-state index contributed by atoms with van der Waals surface area (Å²) >= 11 is 5.64. The molecule has 2 heterocycles. The van der Waals surface area contributed by atoms with Gasteiger partial charge in [-0.05, 0) is 12.8 Å². The lowest BCUT2D eigenvalue weighted by atomic mass is 9.89. The number of hydrogen-bond acceptors (Lipinski definition) is 2. The Morgan fingerprint density at radius 2 is 1.88 bits per heavy atom. The molecule has 6 nitrogen and oxygen atoms in total. The van der Waals surface area contributed by atoms with Crippen molar-refractivity contribution in [1.29, 1.82) is 0 Å². The summed E-state index contributed by atoms with van der Waals surface area (Å²) in [6.07, 6.45) is 1.30. The van der Waals surface area contributed by atoms with E-state index >= 15 is 0 Å². The molecule has 2 aliphatic rings. The average molecular weight is 247 g/mol. The first-order chi connectivity index (χ1) is 7.58. The summed E-state index contributed by atoms with van der Waals surface area (Å²) in [5.74, 6) is 0.683. The van der Waals surface area contributed by atoms with Crippen molar-refractivity contribution in [2.45, 2.75) is 31.6 Å². The lowest BCUT2D eigenvalue weighted by molar-refractivity contribution is 0.196. The maximum Gasteiger partial charge on any atom is 0.318 e. The lowest BCUT2D eigenvalue weighted by Gasteiger charge is -2.32. The van der Waals surface area contributed by atoms with Crippen LogP contribution in [0.1, 0.15) is 19.8 Å². The summed E-state index contributed by atoms with van der Waals surface area (Å²) in [4.78, 5) is 22.6. The number of carbonyl (C=O) groups is 2. The molecule has 0 aromatic heterocycles. The van der Waals surface area contributed by atoms with Gasteiger partial charge in [0, 0.05) is 11.8 Å². The third kappa shape index (κ3) is 1.67. The van der Waals surface area contributed by atoms with Gasteiger partial charge in [-0.15, -0.1) is 11.6 Å².